The van der Waals surface area contributed by atoms with Crippen molar-refractivity contribution >= 4 is 21.5 Å². The van der Waals surface area contributed by atoms with E-state index in [2.05, 4.69) is 0 Å². The summed E-state index contributed by atoms with van der Waals surface area (Å²) in [6.07, 6.45) is 0. The topological polar surface area (TPSA) is 0 Å². The zero-order valence-corrected chi connectivity index (χ0v) is 8.68. The Morgan fingerprint density at radius 3 is 2.12 bits per heavy atom. The first-order valence-corrected chi connectivity index (χ1v) is 5.12. The summed E-state index contributed by atoms with van der Waals surface area (Å²) >= 11 is 0. The summed E-state index contributed by atoms with van der Waals surface area (Å²) in [5, 5.41) is 1.95. The van der Waals surface area contributed by atoms with E-state index in [1.165, 1.54) is 18.2 Å². The Labute approximate surface area is 95.3 Å². The minimum Gasteiger partial charge on any atom is -0.207 e. The number of halogens is 3. The lowest BCUT2D eigenvalue weighted by Gasteiger charge is -2.05. The molecule has 17 heavy (non-hydrogen) atoms. The summed E-state index contributed by atoms with van der Waals surface area (Å²) in [7, 11) is 0. The van der Waals surface area contributed by atoms with Crippen molar-refractivity contribution in [3.63, 3.8) is 0 Å². The molecule has 0 nitrogen and oxygen atoms in total. The van der Waals surface area contributed by atoms with Crippen LogP contribution in [0.2, 0.25) is 0 Å². The van der Waals surface area contributed by atoms with Crippen molar-refractivity contribution < 1.29 is 13.2 Å². The summed E-state index contributed by atoms with van der Waals surface area (Å²) in [5.41, 5.74) is 0. The molecule has 0 saturated heterocycles. The van der Waals surface area contributed by atoms with Gasteiger partial charge < -0.3 is 0 Å². The second kappa shape index (κ2) is 3.48. The summed E-state index contributed by atoms with van der Waals surface area (Å²) in [6, 6.07) is 9.52. The van der Waals surface area contributed by atoms with Crippen LogP contribution >= 0.6 is 0 Å². The second-order valence-electron chi connectivity index (χ2n) is 3.91. The molecule has 3 aromatic carbocycles. The fraction of sp³-hybridized carbons (Fsp3) is 0. The average molecular weight is 232 g/mol. The van der Waals surface area contributed by atoms with Gasteiger partial charge in [-0.15, -0.1) is 0 Å². The standard InChI is InChI=1S/C14H7F3/c15-9-3-1-8-2-4-11-13(12(8)5-9)6-10(16)7-14(11)17/h1-7H. The Bertz CT molecular complexity index is 732. The molecule has 0 bridgehead atoms. The lowest BCUT2D eigenvalue weighted by molar-refractivity contribution is 0.592. The van der Waals surface area contributed by atoms with Crippen LogP contribution in [0.4, 0.5) is 13.2 Å². The van der Waals surface area contributed by atoms with Crippen molar-refractivity contribution in [1.29, 1.82) is 0 Å². The minimum atomic E-state index is -0.660. The molecular weight excluding hydrogens is 225 g/mol. The SMILES string of the molecule is Fc1ccc2ccc3c(F)cc(F)cc3c2c1. The number of hydrogen-bond donors (Lipinski definition) is 0. The van der Waals surface area contributed by atoms with Gasteiger partial charge in [-0.1, -0.05) is 18.2 Å². The Balaban J connectivity index is 2.58. The van der Waals surface area contributed by atoms with Gasteiger partial charge in [0.1, 0.15) is 17.5 Å². The molecule has 0 aromatic heterocycles. The first-order valence-electron chi connectivity index (χ1n) is 5.12. The van der Waals surface area contributed by atoms with Gasteiger partial charge in [-0.3, -0.25) is 0 Å². The number of fused-ring (bicyclic) bond motifs is 3. The van der Waals surface area contributed by atoms with E-state index in [9.17, 15) is 13.2 Å². The van der Waals surface area contributed by atoms with E-state index in [1.54, 1.807) is 18.2 Å². The predicted molar refractivity (Wildman–Crippen MR) is 61.3 cm³/mol. The van der Waals surface area contributed by atoms with Crippen molar-refractivity contribution in [2.24, 2.45) is 0 Å². The van der Waals surface area contributed by atoms with Crippen LogP contribution in [0.1, 0.15) is 0 Å². The quantitative estimate of drug-likeness (QED) is 0.503. The van der Waals surface area contributed by atoms with Crippen LogP contribution in [0.3, 0.4) is 0 Å². The maximum atomic E-state index is 13.5. The molecule has 0 N–H and O–H groups in total. The third kappa shape index (κ3) is 1.55. The highest BCUT2D eigenvalue weighted by molar-refractivity contribution is 6.07. The van der Waals surface area contributed by atoms with E-state index >= 15 is 0 Å². The smallest absolute Gasteiger partial charge is 0.133 e. The predicted octanol–water partition coefficient (Wildman–Crippen LogP) is 4.41. The Morgan fingerprint density at radius 2 is 1.29 bits per heavy atom. The number of rotatable bonds is 0. The molecule has 0 aliphatic carbocycles. The molecule has 0 unspecified atom stereocenters. The van der Waals surface area contributed by atoms with Crippen LogP contribution in [0.5, 0.6) is 0 Å². The molecule has 0 saturated carbocycles. The van der Waals surface area contributed by atoms with E-state index in [-0.39, 0.29) is 0 Å². The Morgan fingerprint density at radius 1 is 0.588 bits per heavy atom. The molecular formula is C14H7F3. The van der Waals surface area contributed by atoms with Crippen molar-refractivity contribution in [2.45, 2.75) is 0 Å². The van der Waals surface area contributed by atoms with Gasteiger partial charge in [0.25, 0.3) is 0 Å². The van der Waals surface area contributed by atoms with Gasteiger partial charge in [-0.2, -0.15) is 0 Å². The highest BCUT2D eigenvalue weighted by atomic mass is 19.1. The highest BCUT2D eigenvalue weighted by Crippen LogP contribution is 2.28. The zero-order valence-electron chi connectivity index (χ0n) is 8.68. The first kappa shape index (κ1) is 10.1. The molecule has 3 aromatic rings. The summed E-state index contributed by atoms with van der Waals surface area (Å²) < 4.78 is 39.9. The van der Waals surface area contributed by atoms with E-state index in [0.717, 1.165) is 11.5 Å². The molecule has 0 spiro atoms. The van der Waals surface area contributed by atoms with Gasteiger partial charge in [-0.05, 0) is 34.4 Å². The van der Waals surface area contributed by atoms with Crippen LogP contribution in [0.25, 0.3) is 21.5 Å². The minimum absolute atomic E-state index is 0.296. The third-order valence-electron chi connectivity index (χ3n) is 2.83. The van der Waals surface area contributed by atoms with Gasteiger partial charge in [0.2, 0.25) is 0 Å². The molecule has 0 amide bonds. The molecule has 0 heterocycles. The maximum absolute atomic E-state index is 13.5. The Hall–Kier alpha value is -2.03. The fourth-order valence-electron chi connectivity index (χ4n) is 2.06. The van der Waals surface area contributed by atoms with Crippen molar-refractivity contribution in [3.8, 4) is 0 Å². The van der Waals surface area contributed by atoms with E-state index in [4.69, 9.17) is 0 Å². The van der Waals surface area contributed by atoms with Crippen LogP contribution in [-0.4, -0.2) is 0 Å². The average Bonchev–Trinajstić information content (AvgIpc) is 2.28. The molecule has 0 aliphatic rings. The van der Waals surface area contributed by atoms with E-state index in [1.807, 2.05) is 0 Å². The van der Waals surface area contributed by atoms with Crippen molar-refractivity contribution in [3.05, 3.63) is 59.9 Å². The monoisotopic (exact) mass is 232 g/mol. The third-order valence-corrected chi connectivity index (χ3v) is 2.83. The van der Waals surface area contributed by atoms with E-state index in [0.29, 0.717) is 16.2 Å². The van der Waals surface area contributed by atoms with Gasteiger partial charge in [0, 0.05) is 11.5 Å². The second-order valence-corrected chi connectivity index (χ2v) is 3.91. The molecule has 3 rings (SSSR count). The summed E-state index contributed by atoms with van der Waals surface area (Å²) in [6.45, 7) is 0. The molecule has 0 aliphatic heterocycles. The molecule has 0 radical (unpaired) electrons. The molecule has 0 atom stereocenters. The summed E-state index contributed by atoms with van der Waals surface area (Å²) in [5.74, 6) is -1.72. The van der Waals surface area contributed by atoms with Crippen molar-refractivity contribution in [2.75, 3.05) is 0 Å². The maximum Gasteiger partial charge on any atom is 0.133 e. The molecule has 3 heteroatoms. The largest absolute Gasteiger partial charge is 0.207 e. The van der Waals surface area contributed by atoms with Gasteiger partial charge in [0.05, 0.1) is 0 Å². The highest BCUT2D eigenvalue weighted by Gasteiger charge is 2.07. The Kier molecular flexibility index (Phi) is 2.08. The first-order chi connectivity index (χ1) is 8.15. The number of hydrogen-bond acceptors (Lipinski definition) is 0. The fourth-order valence-corrected chi connectivity index (χ4v) is 2.06. The van der Waals surface area contributed by atoms with Crippen LogP contribution in [-0.2, 0) is 0 Å². The number of benzene rings is 3. The molecule has 84 valence electrons. The normalized spacial score (nSPS) is 11.2. The van der Waals surface area contributed by atoms with Gasteiger partial charge >= 0.3 is 0 Å². The van der Waals surface area contributed by atoms with Gasteiger partial charge in [-0.25, -0.2) is 13.2 Å². The van der Waals surface area contributed by atoms with Crippen molar-refractivity contribution in [1.82, 2.24) is 0 Å². The van der Waals surface area contributed by atoms with Crippen LogP contribution < -0.4 is 0 Å². The van der Waals surface area contributed by atoms with E-state index < -0.39 is 17.5 Å². The summed E-state index contributed by atoms with van der Waals surface area (Å²) in [4.78, 5) is 0. The zero-order chi connectivity index (χ0) is 12.0. The lowest BCUT2D eigenvalue weighted by atomic mass is 10.0. The van der Waals surface area contributed by atoms with Gasteiger partial charge in [0.15, 0.2) is 0 Å². The van der Waals surface area contributed by atoms with Crippen LogP contribution in [0, 0.1) is 17.5 Å². The lowest BCUT2D eigenvalue weighted by Crippen LogP contribution is -1.86. The molecule has 0 fully saturated rings. The van der Waals surface area contributed by atoms with Crippen LogP contribution in [0.15, 0.2) is 42.5 Å².